The maximum atomic E-state index is 12.2. The van der Waals surface area contributed by atoms with Crippen molar-refractivity contribution in [1.29, 1.82) is 0 Å². The molecule has 1 fully saturated rings. The third kappa shape index (κ3) is 3.29. The highest BCUT2D eigenvalue weighted by atomic mass is 35.5. The second-order valence-electron chi connectivity index (χ2n) is 5.42. The van der Waals surface area contributed by atoms with Crippen molar-refractivity contribution in [3.05, 3.63) is 45.9 Å². The minimum Gasteiger partial charge on any atom is -0.388 e. The number of carbonyl (C=O) groups is 1. The zero-order chi connectivity index (χ0) is 15.5. The standard InChI is InChI=1S/C15H16ClN3O2S/c16-12-3-1-10(2-4-12)14(20)11-5-7-19(8-6-11)15(21)13-9-22-18-17-13/h1-4,9,11,14,20H,5-8H2. The van der Waals surface area contributed by atoms with Crippen LogP contribution in [0.2, 0.25) is 5.02 Å². The number of halogens is 1. The van der Waals surface area contributed by atoms with Crippen LogP contribution in [0.1, 0.15) is 35.0 Å². The molecule has 1 saturated heterocycles. The fourth-order valence-corrected chi connectivity index (χ4v) is 3.33. The molecule has 1 aromatic heterocycles. The van der Waals surface area contributed by atoms with Crippen LogP contribution in [0.25, 0.3) is 0 Å². The van der Waals surface area contributed by atoms with Crippen LogP contribution >= 0.6 is 23.1 Å². The van der Waals surface area contributed by atoms with Crippen LogP contribution in [-0.4, -0.2) is 38.6 Å². The molecule has 22 heavy (non-hydrogen) atoms. The molecule has 1 amide bonds. The lowest BCUT2D eigenvalue weighted by Crippen LogP contribution is -2.39. The van der Waals surface area contributed by atoms with E-state index in [1.165, 1.54) is 11.5 Å². The van der Waals surface area contributed by atoms with Crippen LogP contribution in [0, 0.1) is 5.92 Å². The Bertz CT molecular complexity index is 625. The Labute approximate surface area is 137 Å². The van der Waals surface area contributed by atoms with Crippen molar-refractivity contribution >= 4 is 29.0 Å². The summed E-state index contributed by atoms with van der Waals surface area (Å²) in [5, 5.41) is 16.6. The third-order valence-electron chi connectivity index (χ3n) is 4.06. The van der Waals surface area contributed by atoms with E-state index in [1.54, 1.807) is 22.4 Å². The summed E-state index contributed by atoms with van der Waals surface area (Å²) in [4.78, 5) is 14.0. The number of aromatic nitrogens is 2. The highest BCUT2D eigenvalue weighted by Gasteiger charge is 2.29. The van der Waals surface area contributed by atoms with Gasteiger partial charge in [0.25, 0.3) is 5.91 Å². The lowest BCUT2D eigenvalue weighted by Gasteiger charge is -2.34. The third-order valence-corrected chi connectivity index (χ3v) is 4.82. The van der Waals surface area contributed by atoms with Gasteiger partial charge in [0.1, 0.15) is 0 Å². The molecule has 1 aliphatic heterocycles. The highest BCUT2D eigenvalue weighted by molar-refractivity contribution is 7.03. The second kappa shape index (κ2) is 6.73. The summed E-state index contributed by atoms with van der Waals surface area (Å²) < 4.78 is 3.72. The average molecular weight is 338 g/mol. The molecule has 0 bridgehead atoms. The molecule has 0 radical (unpaired) electrons. The number of hydrogen-bond donors (Lipinski definition) is 1. The van der Waals surface area contributed by atoms with Crippen molar-refractivity contribution in [3.63, 3.8) is 0 Å². The molecule has 7 heteroatoms. The van der Waals surface area contributed by atoms with Gasteiger partial charge in [0.05, 0.1) is 6.10 Å². The van der Waals surface area contributed by atoms with Crippen molar-refractivity contribution in [2.45, 2.75) is 18.9 Å². The van der Waals surface area contributed by atoms with E-state index in [1.807, 2.05) is 12.1 Å². The van der Waals surface area contributed by atoms with Gasteiger partial charge < -0.3 is 10.0 Å². The summed E-state index contributed by atoms with van der Waals surface area (Å²) in [5.74, 6) is 0.0759. The molecule has 1 unspecified atom stereocenters. The molecule has 1 atom stereocenters. The van der Waals surface area contributed by atoms with Crippen LogP contribution in [0.15, 0.2) is 29.6 Å². The first-order valence-electron chi connectivity index (χ1n) is 7.15. The predicted molar refractivity (Wildman–Crippen MR) is 84.9 cm³/mol. The van der Waals surface area contributed by atoms with Crippen molar-refractivity contribution in [1.82, 2.24) is 14.5 Å². The Morgan fingerprint density at radius 1 is 1.32 bits per heavy atom. The van der Waals surface area contributed by atoms with Crippen LogP contribution in [-0.2, 0) is 0 Å². The summed E-state index contributed by atoms with van der Waals surface area (Å²) in [7, 11) is 0. The van der Waals surface area contributed by atoms with Gasteiger partial charge in [-0.3, -0.25) is 4.79 Å². The van der Waals surface area contributed by atoms with Gasteiger partial charge in [-0.1, -0.05) is 28.2 Å². The topological polar surface area (TPSA) is 66.3 Å². The van der Waals surface area contributed by atoms with Crippen molar-refractivity contribution in [2.75, 3.05) is 13.1 Å². The number of aliphatic hydroxyl groups excluding tert-OH is 1. The number of benzene rings is 1. The van der Waals surface area contributed by atoms with Gasteiger partial charge in [0, 0.05) is 23.5 Å². The Balaban J connectivity index is 1.59. The van der Waals surface area contributed by atoms with Crippen LogP contribution < -0.4 is 0 Å². The largest absolute Gasteiger partial charge is 0.388 e. The Morgan fingerprint density at radius 2 is 2.00 bits per heavy atom. The summed E-state index contributed by atoms with van der Waals surface area (Å²) in [6.07, 6.45) is 1.02. The zero-order valence-electron chi connectivity index (χ0n) is 11.9. The van der Waals surface area contributed by atoms with Gasteiger partial charge in [-0.25, -0.2) is 0 Å². The number of hydrogen-bond acceptors (Lipinski definition) is 5. The molecule has 1 aromatic carbocycles. The van der Waals surface area contributed by atoms with E-state index in [4.69, 9.17) is 11.6 Å². The molecule has 2 heterocycles. The summed E-state index contributed by atoms with van der Waals surface area (Å²) in [6, 6.07) is 7.28. The van der Waals surface area contributed by atoms with Gasteiger partial charge >= 0.3 is 0 Å². The normalized spacial score (nSPS) is 17.5. The minimum absolute atomic E-state index is 0.0758. The van der Waals surface area contributed by atoms with Crippen molar-refractivity contribution in [2.24, 2.45) is 5.92 Å². The van der Waals surface area contributed by atoms with Crippen molar-refractivity contribution in [3.8, 4) is 0 Å². The van der Waals surface area contributed by atoms with E-state index in [2.05, 4.69) is 9.59 Å². The lowest BCUT2D eigenvalue weighted by molar-refractivity contribution is 0.0458. The van der Waals surface area contributed by atoms with Gasteiger partial charge in [-0.15, -0.1) is 5.10 Å². The number of aliphatic hydroxyl groups is 1. The number of amides is 1. The molecule has 0 spiro atoms. The SMILES string of the molecule is O=C(c1csnn1)N1CCC(C(O)c2ccc(Cl)cc2)CC1. The van der Waals surface area contributed by atoms with E-state index in [-0.39, 0.29) is 11.8 Å². The quantitative estimate of drug-likeness (QED) is 0.935. The summed E-state index contributed by atoms with van der Waals surface area (Å²) in [5.41, 5.74) is 1.28. The molecule has 0 saturated carbocycles. The van der Waals surface area contributed by atoms with Gasteiger partial charge in [-0.05, 0) is 48.0 Å². The van der Waals surface area contributed by atoms with Crippen LogP contribution in [0.4, 0.5) is 0 Å². The van der Waals surface area contributed by atoms with Gasteiger partial charge in [-0.2, -0.15) is 0 Å². The fraction of sp³-hybridized carbons (Fsp3) is 0.400. The number of nitrogens with zero attached hydrogens (tertiary/aromatic N) is 3. The first-order chi connectivity index (χ1) is 10.6. The van der Waals surface area contributed by atoms with E-state index >= 15 is 0 Å². The van der Waals surface area contributed by atoms with E-state index in [0.717, 1.165) is 18.4 Å². The minimum atomic E-state index is -0.518. The molecule has 3 rings (SSSR count). The maximum Gasteiger partial charge on any atom is 0.275 e. The molecular formula is C15H16ClN3O2S. The van der Waals surface area contributed by atoms with Crippen LogP contribution in [0.3, 0.4) is 0 Å². The summed E-state index contributed by atoms with van der Waals surface area (Å²) in [6.45, 7) is 1.26. The highest BCUT2D eigenvalue weighted by Crippen LogP contribution is 2.31. The van der Waals surface area contributed by atoms with Gasteiger partial charge in [0.15, 0.2) is 5.69 Å². The first kappa shape index (κ1) is 15.4. The molecule has 116 valence electrons. The number of piperidine rings is 1. The molecule has 1 N–H and O–H groups in total. The van der Waals surface area contributed by atoms with Crippen molar-refractivity contribution < 1.29 is 9.90 Å². The van der Waals surface area contributed by atoms with E-state index in [0.29, 0.717) is 23.8 Å². The number of rotatable bonds is 3. The zero-order valence-corrected chi connectivity index (χ0v) is 13.4. The molecule has 1 aliphatic rings. The maximum absolute atomic E-state index is 12.2. The van der Waals surface area contributed by atoms with E-state index in [9.17, 15) is 9.90 Å². The van der Waals surface area contributed by atoms with E-state index < -0.39 is 6.10 Å². The Morgan fingerprint density at radius 3 is 2.59 bits per heavy atom. The second-order valence-corrected chi connectivity index (χ2v) is 6.46. The smallest absolute Gasteiger partial charge is 0.275 e. The molecular weight excluding hydrogens is 322 g/mol. The molecule has 2 aromatic rings. The summed E-state index contributed by atoms with van der Waals surface area (Å²) >= 11 is 7.05. The molecule has 0 aliphatic carbocycles. The first-order valence-corrected chi connectivity index (χ1v) is 8.36. The Hall–Kier alpha value is -1.50. The Kier molecular flexibility index (Phi) is 4.71. The van der Waals surface area contributed by atoms with Gasteiger partial charge in [0.2, 0.25) is 0 Å². The molecule has 5 nitrogen and oxygen atoms in total. The monoisotopic (exact) mass is 337 g/mol. The van der Waals surface area contributed by atoms with Crippen LogP contribution in [0.5, 0.6) is 0 Å². The fourth-order valence-electron chi connectivity index (χ4n) is 2.77. The number of likely N-dealkylation sites (tertiary alicyclic amines) is 1. The predicted octanol–water partition coefficient (Wildman–Crippen LogP) is 2.78. The number of carbonyl (C=O) groups excluding carboxylic acids is 1. The average Bonchev–Trinajstić information content (AvgIpc) is 3.09. The lowest BCUT2D eigenvalue weighted by atomic mass is 9.87.